The standard InChI is InChI=1S/C16H20FNO3/c1-16(2)11-18(9-14(10-19)21-16)15(20)7-6-12-4-3-5-13(17)8-12/h3-8,14,19H,9-11H2,1-2H3/b7-6+. The van der Waals surface area contributed by atoms with Gasteiger partial charge >= 0.3 is 0 Å². The number of hydrogen-bond acceptors (Lipinski definition) is 3. The summed E-state index contributed by atoms with van der Waals surface area (Å²) < 4.78 is 18.7. The highest BCUT2D eigenvalue weighted by Crippen LogP contribution is 2.21. The van der Waals surface area contributed by atoms with Gasteiger partial charge in [0.25, 0.3) is 0 Å². The summed E-state index contributed by atoms with van der Waals surface area (Å²) in [5.74, 6) is -0.508. The smallest absolute Gasteiger partial charge is 0.246 e. The summed E-state index contributed by atoms with van der Waals surface area (Å²) >= 11 is 0. The molecule has 0 radical (unpaired) electrons. The zero-order chi connectivity index (χ0) is 15.5. The van der Waals surface area contributed by atoms with Crippen molar-refractivity contribution in [2.75, 3.05) is 19.7 Å². The van der Waals surface area contributed by atoms with E-state index in [0.29, 0.717) is 18.7 Å². The van der Waals surface area contributed by atoms with Crippen molar-refractivity contribution < 1.29 is 19.0 Å². The Balaban J connectivity index is 2.05. The number of aliphatic hydroxyl groups is 1. The molecule has 1 atom stereocenters. The van der Waals surface area contributed by atoms with E-state index >= 15 is 0 Å². The second-order valence-electron chi connectivity index (χ2n) is 5.79. The van der Waals surface area contributed by atoms with Gasteiger partial charge in [-0.3, -0.25) is 4.79 Å². The molecule has 1 aliphatic rings. The van der Waals surface area contributed by atoms with E-state index in [4.69, 9.17) is 4.74 Å². The number of hydrogen-bond donors (Lipinski definition) is 1. The molecule has 0 aromatic heterocycles. The van der Waals surface area contributed by atoms with Crippen LogP contribution in [0.15, 0.2) is 30.3 Å². The summed E-state index contributed by atoms with van der Waals surface area (Å²) in [6.07, 6.45) is 2.63. The third-order valence-corrected chi connectivity index (χ3v) is 3.26. The molecule has 5 heteroatoms. The molecule has 1 heterocycles. The van der Waals surface area contributed by atoms with Gasteiger partial charge in [0.1, 0.15) is 5.82 Å². The second kappa shape index (κ2) is 6.37. The van der Waals surface area contributed by atoms with Gasteiger partial charge in [-0.2, -0.15) is 0 Å². The number of morpholine rings is 1. The third kappa shape index (κ3) is 4.37. The van der Waals surface area contributed by atoms with Crippen LogP contribution in [0, 0.1) is 5.82 Å². The highest BCUT2D eigenvalue weighted by atomic mass is 19.1. The number of carbonyl (C=O) groups excluding carboxylic acids is 1. The zero-order valence-corrected chi connectivity index (χ0v) is 12.3. The van der Waals surface area contributed by atoms with E-state index < -0.39 is 5.60 Å². The van der Waals surface area contributed by atoms with E-state index in [1.165, 1.54) is 18.2 Å². The molecule has 0 bridgehead atoms. The van der Waals surface area contributed by atoms with E-state index in [1.807, 2.05) is 13.8 Å². The van der Waals surface area contributed by atoms with Crippen molar-refractivity contribution in [3.05, 3.63) is 41.7 Å². The predicted molar refractivity (Wildman–Crippen MR) is 78.1 cm³/mol. The highest BCUT2D eigenvalue weighted by molar-refractivity contribution is 5.91. The molecule has 1 fully saturated rings. The number of aliphatic hydroxyl groups excluding tert-OH is 1. The summed E-state index contributed by atoms with van der Waals surface area (Å²) in [5, 5.41) is 9.24. The van der Waals surface area contributed by atoms with Crippen molar-refractivity contribution >= 4 is 12.0 Å². The Kier molecular flexibility index (Phi) is 4.75. The molecule has 1 saturated heterocycles. The zero-order valence-electron chi connectivity index (χ0n) is 12.3. The fourth-order valence-electron chi connectivity index (χ4n) is 2.44. The van der Waals surface area contributed by atoms with Crippen molar-refractivity contribution in [3.63, 3.8) is 0 Å². The molecular weight excluding hydrogens is 273 g/mol. The molecule has 1 amide bonds. The monoisotopic (exact) mass is 293 g/mol. The summed E-state index contributed by atoms with van der Waals surface area (Å²) in [6.45, 7) is 4.44. The van der Waals surface area contributed by atoms with Gasteiger partial charge in [-0.25, -0.2) is 4.39 Å². The summed E-state index contributed by atoms with van der Waals surface area (Å²) in [6, 6.07) is 6.05. The molecular formula is C16H20FNO3. The van der Waals surface area contributed by atoms with Crippen LogP contribution in [0.2, 0.25) is 0 Å². The van der Waals surface area contributed by atoms with Crippen LogP contribution in [0.25, 0.3) is 6.08 Å². The number of ether oxygens (including phenoxy) is 1. The first-order valence-corrected chi connectivity index (χ1v) is 6.91. The largest absolute Gasteiger partial charge is 0.394 e. The number of halogens is 1. The summed E-state index contributed by atoms with van der Waals surface area (Å²) in [5.41, 5.74) is 0.142. The van der Waals surface area contributed by atoms with Gasteiger partial charge in [0.2, 0.25) is 5.91 Å². The lowest BCUT2D eigenvalue weighted by Gasteiger charge is -2.41. The third-order valence-electron chi connectivity index (χ3n) is 3.26. The van der Waals surface area contributed by atoms with E-state index in [9.17, 15) is 14.3 Å². The summed E-state index contributed by atoms with van der Waals surface area (Å²) in [4.78, 5) is 13.9. The minimum absolute atomic E-state index is 0.124. The van der Waals surface area contributed by atoms with Crippen LogP contribution in [0.3, 0.4) is 0 Å². The van der Waals surface area contributed by atoms with Gasteiger partial charge in [0.15, 0.2) is 0 Å². The van der Waals surface area contributed by atoms with E-state index in [1.54, 1.807) is 23.1 Å². The lowest BCUT2D eigenvalue weighted by molar-refractivity contribution is -0.163. The maximum absolute atomic E-state index is 13.1. The van der Waals surface area contributed by atoms with Crippen LogP contribution in [0.1, 0.15) is 19.4 Å². The minimum atomic E-state index is -0.492. The van der Waals surface area contributed by atoms with Crippen molar-refractivity contribution in [2.24, 2.45) is 0 Å². The number of rotatable bonds is 3. The molecule has 1 unspecified atom stereocenters. The lowest BCUT2D eigenvalue weighted by atomic mass is 10.1. The SMILES string of the molecule is CC1(C)CN(C(=O)/C=C/c2cccc(F)c2)CC(CO)O1. The first-order chi connectivity index (χ1) is 9.89. The Morgan fingerprint density at radius 3 is 3.00 bits per heavy atom. The van der Waals surface area contributed by atoms with Crippen molar-refractivity contribution in [3.8, 4) is 0 Å². The van der Waals surface area contributed by atoms with Crippen LogP contribution >= 0.6 is 0 Å². The molecule has 1 aromatic carbocycles. The maximum atomic E-state index is 13.1. The molecule has 21 heavy (non-hydrogen) atoms. The van der Waals surface area contributed by atoms with Crippen LogP contribution in [-0.2, 0) is 9.53 Å². The fraction of sp³-hybridized carbons (Fsp3) is 0.438. The van der Waals surface area contributed by atoms with Crippen molar-refractivity contribution in [2.45, 2.75) is 25.6 Å². The Labute approximate surface area is 123 Å². The second-order valence-corrected chi connectivity index (χ2v) is 5.79. The van der Waals surface area contributed by atoms with Gasteiger partial charge in [0.05, 0.1) is 18.3 Å². The molecule has 1 aliphatic heterocycles. The molecule has 4 nitrogen and oxygen atoms in total. The Morgan fingerprint density at radius 1 is 1.57 bits per heavy atom. The average Bonchev–Trinajstić information content (AvgIpc) is 2.43. The topological polar surface area (TPSA) is 49.8 Å². The normalized spacial score (nSPS) is 21.7. The number of nitrogens with zero attached hydrogens (tertiary/aromatic N) is 1. The van der Waals surface area contributed by atoms with Crippen molar-refractivity contribution in [1.29, 1.82) is 0 Å². The quantitative estimate of drug-likeness (QED) is 0.865. The first-order valence-electron chi connectivity index (χ1n) is 6.91. The Bertz CT molecular complexity index is 542. The predicted octanol–water partition coefficient (Wildman–Crippen LogP) is 1.84. The Hall–Kier alpha value is -1.72. The number of benzene rings is 1. The number of carbonyl (C=O) groups is 1. The van der Waals surface area contributed by atoms with Gasteiger partial charge < -0.3 is 14.7 Å². The molecule has 0 spiro atoms. The van der Waals surface area contributed by atoms with Crippen LogP contribution in [0.4, 0.5) is 4.39 Å². The fourth-order valence-corrected chi connectivity index (χ4v) is 2.44. The van der Waals surface area contributed by atoms with Gasteiger partial charge in [0, 0.05) is 19.2 Å². The molecule has 1 N–H and O–H groups in total. The maximum Gasteiger partial charge on any atom is 0.246 e. The van der Waals surface area contributed by atoms with E-state index in [-0.39, 0.29) is 24.4 Å². The van der Waals surface area contributed by atoms with Crippen LogP contribution in [0.5, 0.6) is 0 Å². The highest BCUT2D eigenvalue weighted by Gasteiger charge is 2.34. The molecule has 0 saturated carbocycles. The van der Waals surface area contributed by atoms with Crippen LogP contribution in [-0.4, -0.2) is 47.3 Å². The van der Waals surface area contributed by atoms with Gasteiger partial charge in [-0.1, -0.05) is 12.1 Å². The average molecular weight is 293 g/mol. The first kappa shape index (κ1) is 15.7. The van der Waals surface area contributed by atoms with Gasteiger partial charge in [-0.05, 0) is 37.6 Å². The Morgan fingerprint density at radius 2 is 2.33 bits per heavy atom. The molecule has 2 rings (SSSR count). The van der Waals surface area contributed by atoms with E-state index in [2.05, 4.69) is 0 Å². The van der Waals surface area contributed by atoms with E-state index in [0.717, 1.165) is 0 Å². The van der Waals surface area contributed by atoms with Gasteiger partial charge in [-0.15, -0.1) is 0 Å². The summed E-state index contributed by atoms with van der Waals surface area (Å²) in [7, 11) is 0. The minimum Gasteiger partial charge on any atom is -0.394 e. The number of amides is 1. The van der Waals surface area contributed by atoms with Crippen LogP contribution < -0.4 is 0 Å². The molecule has 114 valence electrons. The molecule has 0 aliphatic carbocycles. The van der Waals surface area contributed by atoms with Crippen molar-refractivity contribution in [1.82, 2.24) is 4.90 Å². The lowest BCUT2D eigenvalue weighted by Crippen LogP contribution is -2.55. The molecule has 1 aromatic rings.